The Bertz CT molecular complexity index is 285. The maximum absolute atomic E-state index is 12.8. The van der Waals surface area contributed by atoms with Crippen LogP contribution in [0.3, 0.4) is 0 Å². The topological polar surface area (TPSA) is 26.3 Å². The first-order valence-corrected chi connectivity index (χ1v) is 6.33. The molecule has 0 atom stereocenters. The van der Waals surface area contributed by atoms with E-state index in [0.717, 1.165) is 19.3 Å². The molecule has 0 aromatic carbocycles. The molecule has 1 aliphatic rings. The number of hydrogen-bond donors (Lipinski definition) is 1. The summed E-state index contributed by atoms with van der Waals surface area (Å²) in [6, 6.07) is 0. The van der Waals surface area contributed by atoms with Crippen LogP contribution in [0.1, 0.15) is 38.5 Å². The molecule has 0 aromatic rings. The lowest BCUT2D eigenvalue weighted by Gasteiger charge is -2.23. The number of carbonyl (C=O) groups is 1. The maximum Gasteiger partial charge on any atom is 0.353 e. The van der Waals surface area contributed by atoms with Crippen molar-refractivity contribution in [2.75, 3.05) is 6.61 Å². The van der Waals surface area contributed by atoms with E-state index in [4.69, 9.17) is 0 Å². The molecule has 0 heterocycles. The van der Waals surface area contributed by atoms with Crippen LogP contribution in [0, 0.1) is 5.92 Å². The summed E-state index contributed by atoms with van der Waals surface area (Å²) >= 11 is 2.54. The number of thiol groups is 1. The Morgan fingerprint density at radius 1 is 1.17 bits per heavy atom. The van der Waals surface area contributed by atoms with E-state index in [-0.39, 0.29) is 5.92 Å². The summed E-state index contributed by atoms with van der Waals surface area (Å²) in [5, 5.41) is -4.40. The Morgan fingerprint density at radius 2 is 1.72 bits per heavy atom. The molecule has 0 bridgehead atoms. The van der Waals surface area contributed by atoms with E-state index < -0.39 is 30.2 Å². The second kappa shape index (κ2) is 6.12. The van der Waals surface area contributed by atoms with Gasteiger partial charge in [0.2, 0.25) is 0 Å². The Hall–Kier alpha value is -0.460. The van der Waals surface area contributed by atoms with Crippen molar-refractivity contribution < 1.29 is 27.1 Å². The first-order valence-electron chi connectivity index (χ1n) is 5.89. The van der Waals surface area contributed by atoms with Gasteiger partial charge in [-0.1, -0.05) is 31.9 Å². The zero-order valence-corrected chi connectivity index (χ0v) is 10.7. The van der Waals surface area contributed by atoms with E-state index in [9.17, 15) is 22.4 Å². The highest BCUT2D eigenvalue weighted by molar-refractivity contribution is 7.81. The summed E-state index contributed by atoms with van der Waals surface area (Å²) in [5.74, 6) is -5.11. The minimum absolute atomic E-state index is 0.274. The molecule has 0 radical (unpaired) electrons. The highest BCUT2D eigenvalue weighted by Crippen LogP contribution is 2.39. The molecule has 0 amide bonds. The van der Waals surface area contributed by atoms with E-state index in [2.05, 4.69) is 17.4 Å². The van der Waals surface area contributed by atoms with Crippen molar-refractivity contribution in [3.8, 4) is 0 Å². The van der Waals surface area contributed by atoms with Crippen LogP contribution in [0.4, 0.5) is 17.6 Å². The zero-order valence-electron chi connectivity index (χ0n) is 9.80. The average Bonchev–Trinajstić information content (AvgIpc) is 2.28. The van der Waals surface area contributed by atoms with E-state index in [1.165, 1.54) is 0 Å². The molecule has 1 saturated carbocycles. The van der Waals surface area contributed by atoms with Gasteiger partial charge in [0.05, 0.1) is 18.9 Å². The van der Waals surface area contributed by atoms with Crippen LogP contribution in [0.15, 0.2) is 0 Å². The maximum atomic E-state index is 12.8. The molecule has 1 fully saturated rings. The van der Waals surface area contributed by atoms with Gasteiger partial charge in [-0.05, 0) is 12.8 Å². The van der Waals surface area contributed by atoms with E-state index in [1.54, 1.807) is 0 Å². The molecule has 1 aliphatic carbocycles. The largest absolute Gasteiger partial charge is 0.465 e. The van der Waals surface area contributed by atoms with E-state index in [0.29, 0.717) is 12.8 Å². The SMILES string of the molecule is O=C(OCCC(F)(F)C(F)(F)S)C1CCCCC1. The van der Waals surface area contributed by atoms with Crippen LogP contribution in [-0.2, 0) is 9.53 Å². The van der Waals surface area contributed by atoms with Gasteiger partial charge in [-0.25, -0.2) is 0 Å². The van der Waals surface area contributed by atoms with Crippen molar-refractivity contribution >= 4 is 18.6 Å². The molecule has 0 N–H and O–H groups in total. The number of ether oxygens (including phenoxy) is 1. The van der Waals surface area contributed by atoms with Crippen molar-refractivity contribution in [2.24, 2.45) is 5.92 Å². The molecule has 0 unspecified atom stereocenters. The van der Waals surface area contributed by atoms with Gasteiger partial charge in [-0.3, -0.25) is 4.79 Å². The average molecular weight is 288 g/mol. The normalized spacial score (nSPS) is 18.7. The Labute approximate surface area is 108 Å². The van der Waals surface area contributed by atoms with Crippen molar-refractivity contribution in [3.05, 3.63) is 0 Å². The van der Waals surface area contributed by atoms with Gasteiger partial charge in [0.25, 0.3) is 0 Å². The summed E-state index contributed by atoms with van der Waals surface area (Å²) in [6.07, 6.45) is 3.00. The number of alkyl halides is 4. The van der Waals surface area contributed by atoms with Gasteiger partial charge in [-0.15, -0.1) is 0 Å². The molecule has 0 aliphatic heterocycles. The first-order chi connectivity index (χ1) is 8.24. The Balaban J connectivity index is 2.31. The third kappa shape index (κ3) is 4.33. The van der Waals surface area contributed by atoms with Crippen LogP contribution in [0.2, 0.25) is 0 Å². The number of halogens is 4. The molecule has 1 rings (SSSR count). The predicted octanol–water partition coefficient (Wildman–Crippen LogP) is 3.66. The number of hydrogen-bond acceptors (Lipinski definition) is 3. The molecule has 106 valence electrons. The molecule has 2 nitrogen and oxygen atoms in total. The third-order valence-corrected chi connectivity index (χ3v) is 3.37. The smallest absolute Gasteiger partial charge is 0.353 e. The summed E-state index contributed by atoms with van der Waals surface area (Å²) in [5.41, 5.74) is 0. The predicted molar refractivity (Wildman–Crippen MR) is 61.0 cm³/mol. The Morgan fingerprint density at radius 3 is 2.22 bits per heavy atom. The summed E-state index contributed by atoms with van der Waals surface area (Å²) < 4.78 is 54.9. The fourth-order valence-electron chi connectivity index (χ4n) is 1.89. The van der Waals surface area contributed by atoms with Gasteiger partial charge in [0.15, 0.2) is 0 Å². The molecule has 7 heteroatoms. The van der Waals surface area contributed by atoms with Crippen LogP contribution in [-0.4, -0.2) is 23.8 Å². The molecular formula is C11H16F4O2S. The van der Waals surface area contributed by atoms with Crippen LogP contribution < -0.4 is 0 Å². The summed E-state index contributed by atoms with van der Waals surface area (Å²) in [7, 11) is 0. The molecule has 0 aromatic heterocycles. The van der Waals surface area contributed by atoms with E-state index >= 15 is 0 Å². The number of esters is 1. The first kappa shape index (κ1) is 15.6. The Kier molecular flexibility index (Phi) is 5.31. The molecular weight excluding hydrogens is 272 g/mol. The molecule has 0 saturated heterocycles. The monoisotopic (exact) mass is 288 g/mol. The van der Waals surface area contributed by atoms with E-state index in [1.807, 2.05) is 0 Å². The second-order valence-corrected chi connectivity index (χ2v) is 5.06. The number of rotatable bonds is 5. The van der Waals surface area contributed by atoms with Crippen molar-refractivity contribution in [2.45, 2.75) is 49.7 Å². The van der Waals surface area contributed by atoms with Gasteiger partial charge >= 0.3 is 17.1 Å². The lowest BCUT2D eigenvalue weighted by Crippen LogP contribution is -2.37. The fraction of sp³-hybridized carbons (Fsp3) is 0.909. The van der Waals surface area contributed by atoms with Gasteiger partial charge < -0.3 is 4.74 Å². The third-order valence-electron chi connectivity index (χ3n) is 3.04. The second-order valence-electron chi connectivity index (χ2n) is 4.50. The quantitative estimate of drug-likeness (QED) is 0.475. The summed E-state index contributed by atoms with van der Waals surface area (Å²) in [6.45, 7) is -0.710. The standard InChI is InChI=1S/C11H16F4O2S/c12-10(13,11(14,15)18)6-7-17-9(16)8-4-2-1-3-5-8/h8,18H,1-7H2. The summed E-state index contributed by atoms with van der Waals surface area (Å²) in [4.78, 5) is 11.5. The number of carbonyl (C=O) groups excluding carboxylic acids is 1. The van der Waals surface area contributed by atoms with Gasteiger partial charge in [0.1, 0.15) is 0 Å². The van der Waals surface area contributed by atoms with Crippen LogP contribution in [0.5, 0.6) is 0 Å². The minimum atomic E-state index is -4.40. The lowest BCUT2D eigenvalue weighted by atomic mass is 9.89. The lowest BCUT2D eigenvalue weighted by molar-refractivity contribution is -0.170. The highest BCUT2D eigenvalue weighted by atomic mass is 32.1. The van der Waals surface area contributed by atoms with Crippen LogP contribution >= 0.6 is 12.6 Å². The molecule has 18 heavy (non-hydrogen) atoms. The van der Waals surface area contributed by atoms with Crippen LogP contribution in [0.25, 0.3) is 0 Å². The van der Waals surface area contributed by atoms with Crippen molar-refractivity contribution in [1.29, 1.82) is 0 Å². The van der Waals surface area contributed by atoms with Gasteiger partial charge in [-0.2, -0.15) is 17.6 Å². The van der Waals surface area contributed by atoms with Crippen molar-refractivity contribution in [3.63, 3.8) is 0 Å². The minimum Gasteiger partial charge on any atom is -0.465 e. The fourth-order valence-corrected chi connectivity index (χ4v) is 2.00. The van der Waals surface area contributed by atoms with Gasteiger partial charge in [0, 0.05) is 0 Å². The highest BCUT2D eigenvalue weighted by Gasteiger charge is 2.53. The van der Waals surface area contributed by atoms with Crippen molar-refractivity contribution in [1.82, 2.24) is 0 Å². The molecule has 0 spiro atoms. The zero-order chi connectivity index (χ0) is 13.8.